The zero-order chi connectivity index (χ0) is 22.2. The first-order valence-corrected chi connectivity index (χ1v) is 11.0. The smallest absolute Gasteiger partial charge is 0.255 e. The van der Waals surface area contributed by atoms with Crippen LogP contribution in [-0.2, 0) is 0 Å². The molecular weight excluding hydrogens is 422 g/mol. The minimum Gasteiger partial charge on any atom is -0.337 e. The van der Waals surface area contributed by atoms with Crippen molar-refractivity contribution >= 4 is 17.5 Å². The Kier molecular flexibility index (Phi) is 5.27. The summed E-state index contributed by atoms with van der Waals surface area (Å²) in [4.78, 5) is 20.0. The van der Waals surface area contributed by atoms with Crippen molar-refractivity contribution in [3.05, 3.63) is 94.3 Å². The first-order valence-electron chi connectivity index (χ1n) is 10.6. The molecule has 0 aliphatic carbocycles. The highest BCUT2D eigenvalue weighted by atomic mass is 35.5. The molecule has 1 fully saturated rings. The molecule has 5 nitrogen and oxygen atoms in total. The number of likely N-dealkylation sites (tertiary alicyclic amines) is 1. The number of aromatic nitrogens is 2. The molecule has 1 saturated heterocycles. The maximum Gasteiger partial charge on any atom is 0.255 e. The molecule has 1 atom stereocenters. The molecule has 1 amide bonds. The van der Waals surface area contributed by atoms with Crippen molar-refractivity contribution in [2.45, 2.75) is 26.3 Å². The second-order valence-corrected chi connectivity index (χ2v) is 8.49. The number of rotatable bonds is 4. The van der Waals surface area contributed by atoms with Gasteiger partial charge >= 0.3 is 0 Å². The summed E-state index contributed by atoms with van der Waals surface area (Å²) >= 11 is 6.24. The molecule has 1 aromatic heterocycles. The maximum atomic E-state index is 13.6. The predicted octanol–water partition coefficient (Wildman–Crippen LogP) is 6.26. The largest absolute Gasteiger partial charge is 0.337 e. The number of hydrogen-bond acceptors (Lipinski definition) is 4. The fraction of sp³-hybridized carbons (Fsp3) is 0.192. The van der Waals surface area contributed by atoms with Gasteiger partial charge in [-0.15, -0.1) is 0 Å². The number of amides is 1. The van der Waals surface area contributed by atoms with E-state index in [9.17, 15) is 4.79 Å². The lowest BCUT2D eigenvalue weighted by molar-refractivity contribution is 0.0379. The molecule has 32 heavy (non-hydrogen) atoms. The van der Waals surface area contributed by atoms with Gasteiger partial charge in [0, 0.05) is 22.7 Å². The molecule has 2 heterocycles. The van der Waals surface area contributed by atoms with Crippen molar-refractivity contribution in [2.75, 3.05) is 6.54 Å². The first kappa shape index (κ1) is 20.5. The Balaban J connectivity index is 1.45. The Morgan fingerprint density at radius 1 is 1.03 bits per heavy atom. The predicted molar refractivity (Wildman–Crippen MR) is 124 cm³/mol. The number of benzene rings is 3. The summed E-state index contributed by atoms with van der Waals surface area (Å²) in [7, 11) is 0. The summed E-state index contributed by atoms with van der Waals surface area (Å²) in [5.74, 6) is 0.912. The van der Waals surface area contributed by atoms with Crippen LogP contribution >= 0.6 is 11.6 Å². The summed E-state index contributed by atoms with van der Waals surface area (Å²) in [6.45, 7) is 4.58. The molecule has 0 bridgehead atoms. The number of halogens is 1. The molecule has 0 saturated carbocycles. The molecule has 160 valence electrons. The zero-order valence-electron chi connectivity index (χ0n) is 17.9. The molecule has 0 spiro atoms. The lowest BCUT2D eigenvalue weighted by Gasteiger charge is -2.38. The van der Waals surface area contributed by atoms with Crippen LogP contribution in [0, 0.1) is 13.8 Å². The highest BCUT2D eigenvalue weighted by molar-refractivity contribution is 6.31. The number of aryl methyl sites for hydroxylation is 1. The number of carbonyl (C=O) groups excluding carboxylic acids is 1. The van der Waals surface area contributed by atoms with E-state index in [1.807, 2.05) is 85.5 Å². The van der Waals surface area contributed by atoms with E-state index in [-0.39, 0.29) is 11.9 Å². The van der Waals surface area contributed by atoms with Gasteiger partial charge in [-0.1, -0.05) is 76.9 Å². The Morgan fingerprint density at radius 3 is 2.59 bits per heavy atom. The second kappa shape index (κ2) is 8.24. The van der Waals surface area contributed by atoms with E-state index in [1.165, 1.54) is 0 Å². The van der Waals surface area contributed by atoms with Gasteiger partial charge in [-0.3, -0.25) is 4.79 Å². The van der Waals surface area contributed by atoms with Gasteiger partial charge in [0.2, 0.25) is 11.7 Å². The Labute approximate surface area is 191 Å². The summed E-state index contributed by atoms with van der Waals surface area (Å²) in [6, 6.07) is 21.4. The van der Waals surface area contributed by atoms with Gasteiger partial charge in [-0.2, -0.15) is 4.98 Å². The standard InChI is InChI=1S/C26H22ClN3O2/c1-16-11-12-20(18-7-4-3-5-8-18)21(15-16)26(31)30-14-13-23(30)25-28-24(29-32-25)19-9-6-10-22(27)17(19)2/h3-12,15,23H,13-14H2,1-2H3. The highest BCUT2D eigenvalue weighted by Gasteiger charge is 2.38. The number of hydrogen-bond donors (Lipinski definition) is 0. The van der Waals surface area contributed by atoms with Crippen LogP contribution in [0.2, 0.25) is 5.02 Å². The van der Waals surface area contributed by atoms with Crippen molar-refractivity contribution in [1.29, 1.82) is 0 Å². The summed E-state index contributed by atoms with van der Waals surface area (Å²) < 4.78 is 5.57. The third-order valence-electron chi connectivity index (χ3n) is 6.01. The van der Waals surface area contributed by atoms with Crippen LogP contribution in [0.5, 0.6) is 0 Å². The van der Waals surface area contributed by atoms with E-state index in [2.05, 4.69) is 10.1 Å². The van der Waals surface area contributed by atoms with Gasteiger partial charge in [-0.05, 0) is 49.1 Å². The van der Waals surface area contributed by atoms with Crippen molar-refractivity contribution in [3.63, 3.8) is 0 Å². The van der Waals surface area contributed by atoms with Crippen LogP contribution in [0.1, 0.15) is 39.8 Å². The Morgan fingerprint density at radius 2 is 1.84 bits per heavy atom. The lowest BCUT2D eigenvalue weighted by atomic mass is 9.94. The highest BCUT2D eigenvalue weighted by Crippen LogP contribution is 2.37. The van der Waals surface area contributed by atoms with Crippen molar-refractivity contribution < 1.29 is 9.32 Å². The second-order valence-electron chi connectivity index (χ2n) is 8.09. The van der Waals surface area contributed by atoms with Crippen LogP contribution in [-0.4, -0.2) is 27.5 Å². The number of nitrogens with zero attached hydrogens (tertiary/aromatic N) is 3. The van der Waals surface area contributed by atoms with Crippen molar-refractivity contribution in [1.82, 2.24) is 15.0 Å². The van der Waals surface area contributed by atoms with Crippen LogP contribution < -0.4 is 0 Å². The quantitative estimate of drug-likeness (QED) is 0.373. The zero-order valence-corrected chi connectivity index (χ0v) is 18.6. The minimum absolute atomic E-state index is 0.0255. The van der Waals surface area contributed by atoms with E-state index >= 15 is 0 Å². The molecule has 3 aromatic carbocycles. The van der Waals surface area contributed by atoms with E-state index in [4.69, 9.17) is 16.1 Å². The molecule has 5 rings (SSSR count). The van der Waals surface area contributed by atoms with Gasteiger partial charge < -0.3 is 9.42 Å². The van der Waals surface area contributed by atoms with Gasteiger partial charge in [0.05, 0.1) is 0 Å². The van der Waals surface area contributed by atoms with Gasteiger partial charge in [0.25, 0.3) is 5.91 Å². The fourth-order valence-electron chi connectivity index (χ4n) is 4.08. The fourth-order valence-corrected chi connectivity index (χ4v) is 4.25. The average Bonchev–Trinajstić information content (AvgIpc) is 3.24. The van der Waals surface area contributed by atoms with Crippen LogP contribution in [0.25, 0.3) is 22.5 Å². The lowest BCUT2D eigenvalue weighted by Crippen LogP contribution is -2.45. The molecule has 6 heteroatoms. The monoisotopic (exact) mass is 443 g/mol. The topological polar surface area (TPSA) is 59.2 Å². The van der Waals surface area contributed by atoms with E-state index in [0.29, 0.717) is 28.8 Å². The maximum absolute atomic E-state index is 13.6. The third-order valence-corrected chi connectivity index (χ3v) is 6.42. The van der Waals surface area contributed by atoms with E-state index in [1.54, 1.807) is 0 Å². The Hall–Kier alpha value is -3.44. The van der Waals surface area contributed by atoms with Crippen molar-refractivity contribution in [2.24, 2.45) is 0 Å². The molecular formula is C26H22ClN3O2. The molecule has 1 aliphatic heterocycles. The normalized spacial score (nSPS) is 15.5. The summed E-state index contributed by atoms with van der Waals surface area (Å²) in [5.41, 5.74) is 5.40. The van der Waals surface area contributed by atoms with Crippen LogP contribution in [0.3, 0.4) is 0 Å². The minimum atomic E-state index is -0.229. The summed E-state index contributed by atoms with van der Waals surface area (Å²) in [6.07, 6.45) is 0.786. The average molecular weight is 444 g/mol. The molecule has 0 radical (unpaired) electrons. The van der Waals surface area contributed by atoms with Gasteiger partial charge in [0.15, 0.2) is 0 Å². The van der Waals surface area contributed by atoms with E-state index < -0.39 is 0 Å². The van der Waals surface area contributed by atoms with Gasteiger partial charge in [0.1, 0.15) is 6.04 Å². The van der Waals surface area contributed by atoms with Gasteiger partial charge in [-0.25, -0.2) is 0 Å². The first-order chi connectivity index (χ1) is 15.5. The molecule has 1 aliphatic rings. The molecule has 1 unspecified atom stereocenters. The van der Waals surface area contributed by atoms with E-state index in [0.717, 1.165) is 34.2 Å². The number of carbonyl (C=O) groups is 1. The summed E-state index contributed by atoms with van der Waals surface area (Å²) in [5, 5.41) is 4.81. The van der Waals surface area contributed by atoms with Crippen LogP contribution in [0.15, 0.2) is 71.3 Å². The molecule has 0 N–H and O–H groups in total. The third kappa shape index (κ3) is 3.59. The van der Waals surface area contributed by atoms with Crippen molar-refractivity contribution in [3.8, 4) is 22.5 Å². The molecule has 4 aromatic rings. The SMILES string of the molecule is Cc1ccc(-c2ccccc2)c(C(=O)N2CCC2c2nc(-c3cccc(Cl)c3C)no2)c1. The Bertz CT molecular complexity index is 1300. The van der Waals surface area contributed by atoms with Crippen LogP contribution in [0.4, 0.5) is 0 Å².